The lowest BCUT2D eigenvalue weighted by molar-refractivity contribution is 0.221. The molecule has 0 aromatic heterocycles. The molecule has 1 fully saturated rings. The zero-order valence-corrected chi connectivity index (χ0v) is 13.6. The summed E-state index contributed by atoms with van der Waals surface area (Å²) in [5.41, 5.74) is 3.64. The zero-order valence-electron chi connectivity index (χ0n) is 13.6. The Balaban J connectivity index is 1.45. The molecule has 3 heteroatoms. The first-order valence-electron chi connectivity index (χ1n) is 8.55. The highest BCUT2D eigenvalue weighted by Gasteiger charge is 2.10. The van der Waals surface area contributed by atoms with Gasteiger partial charge in [-0.15, -0.1) is 0 Å². The van der Waals surface area contributed by atoms with Crippen molar-refractivity contribution >= 4 is 0 Å². The highest BCUT2D eigenvalue weighted by atomic mass is 19.1. The maximum absolute atomic E-state index is 13.1. The second kappa shape index (κ2) is 8.23. The lowest BCUT2D eigenvalue weighted by atomic mass is 10.1. The number of hydrogen-bond donors (Lipinski definition) is 1. The van der Waals surface area contributed by atoms with Gasteiger partial charge in [-0.3, -0.25) is 4.90 Å². The predicted octanol–water partition coefficient (Wildman–Crippen LogP) is 4.10. The molecule has 0 amide bonds. The average Bonchev–Trinajstić information content (AvgIpc) is 2.58. The van der Waals surface area contributed by atoms with Crippen molar-refractivity contribution in [2.75, 3.05) is 13.1 Å². The van der Waals surface area contributed by atoms with Crippen LogP contribution in [0.15, 0.2) is 48.5 Å². The first-order valence-corrected chi connectivity index (χ1v) is 8.55. The fourth-order valence-electron chi connectivity index (χ4n) is 3.14. The van der Waals surface area contributed by atoms with E-state index in [4.69, 9.17) is 0 Å². The van der Waals surface area contributed by atoms with E-state index in [1.54, 1.807) is 12.1 Å². The molecule has 0 saturated carbocycles. The number of likely N-dealkylation sites (tertiary alicyclic amines) is 1. The third kappa shape index (κ3) is 5.15. The molecular weight excluding hydrogens is 287 g/mol. The third-order valence-electron chi connectivity index (χ3n) is 4.43. The molecule has 0 aliphatic carbocycles. The predicted molar refractivity (Wildman–Crippen MR) is 92.5 cm³/mol. The number of rotatable bonds is 6. The van der Waals surface area contributed by atoms with E-state index in [-0.39, 0.29) is 5.82 Å². The molecule has 0 bridgehead atoms. The van der Waals surface area contributed by atoms with Gasteiger partial charge in [-0.2, -0.15) is 0 Å². The van der Waals surface area contributed by atoms with Crippen molar-refractivity contribution in [1.82, 2.24) is 10.2 Å². The summed E-state index contributed by atoms with van der Waals surface area (Å²) in [6.07, 6.45) is 4.05. The van der Waals surface area contributed by atoms with Gasteiger partial charge in [0, 0.05) is 19.6 Å². The van der Waals surface area contributed by atoms with Crippen LogP contribution in [-0.4, -0.2) is 18.0 Å². The minimum atomic E-state index is -0.175. The fourth-order valence-corrected chi connectivity index (χ4v) is 3.14. The van der Waals surface area contributed by atoms with Crippen LogP contribution in [0.25, 0.3) is 0 Å². The molecule has 1 heterocycles. The van der Waals surface area contributed by atoms with E-state index in [0.29, 0.717) is 6.54 Å². The van der Waals surface area contributed by atoms with Gasteiger partial charge in [-0.1, -0.05) is 42.8 Å². The second-order valence-electron chi connectivity index (χ2n) is 6.39. The highest BCUT2D eigenvalue weighted by Crippen LogP contribution is 2.13. The van der Waals surface area contributed by atoms with E-state index in [1.807, 2.05) is 6.07 Å². The Labute approximate surface area is 138 Å². The van der Waals surface area contributed by atoms with Crippen LogP contribution in [0.2, 0.25) is 0 Å². The van der Waals surface area contributed by atoms with Gasteiger partial charge in [0.05, 0.1) is 0 Å². The Morgan fingerprint density at radius 1 is 0.826 bits per heavy atom. The molecule has 2 aromatic carbocycles. The van der Waals surface area contributed by atoms with Crippen LogP contribution in [0.3, 0.4) is 0 Å². The molecule has 122 valence electrons. The summed E-state index contributed by atoms with van der Waals surface area (Å²) in [7, 11) is 0. The van der Waals surface area contributed by atoms with Crippen molar-refractivity contribution in [2.45, 2.75) is 38.9 Å². The van der Waals surface area contributed by atoms with Gasteiger partial charge in [-0.05, 0) is 54.8 Å². The first kappa shape index (κ1) is 16.2. The van der Waals surface area contributed by atoms with Crippen LogP contribution in [0.1, 0.15) is 36.0 Å². The Morgan fingerprint density at radius 2 is 1.52 bits per heavy atom. The smallest absolute Gasteiger partial charge is 0.123 e. The average molecular weight is 312 g/mol. The molecule has 0 atom stereocenters. The lowest BCUT2D eigenvalue weighted by Gasteiger charge is -2.26. The molecule has 23 heavy (non-hydrogen) atoms. The van der Waals surface area contributed by atoms with Crippen molar-refractivity contribution in [3.05, 3.63) is 71.0 Å². The Bertz CT molecular complexity index is 603. The maximum Gasteiger partial charge on any atom is 0.123 e. The second-order valence-corrected chi connectivity index (χ2v) is 6.39. The molecule has 1 saturated heterocycles. The molecule has 2 aromatic rings. The molecule has 0 spiro atoms. The van der Waals surface area contributed by atoms with Crippen LogP contribution in [0, 0.1) is 5.82 Å². The number of halogens is 1. The van der Waals surface area contributed by atoms with Crippen LogP contribution < -0.4 is 5.32 Å². The van der Waals surface area contributed by atoms with E-state index >= 15 is 0 Å². The summed E-state index contributed by atoms with van der Waals surface area (Å²) in [5, 5.41) is 3.37. The molecule has 0 radical (unpaired) electrons. The molecule has 1 aliphatic heterocycles. The Kier molecular flexibility index (Phi) is 5.78. The quantitative estimate of drug-likeness (QED) is 0.864. The summed E-state index contributed by atoms with van der Waals surface area (Å²) in [6.45, 7) is 5.03. The van der Waals surface area contributed by atoms with Gasteiger partial charge < -0.3 is 5.32 Å². The molecule has 3 rings (SSSR count). The van der Waals surface area contributed by atoms with Crippen molar-refractivity contribution in [2.24, 2.45) is 0 Å². The number of hydrogen-bond acceptors (Lipinski definition) is 2. The van der Waals surface area contributed by atoms with Gasteiger partial charge in [0.2, 0.25) is 0 Å². The molecule has 0 unspecified atom stereocenters. The number of benzene rings is 2. The monoisotopic (exact) mass is 312 g/mol. The SMILES string of the molecule is Fc1cccc(CNCc2ccc(CN3CCCCC3)cc2)c1. The molecule has 1 N–H and O–H groups in total. The van der Waals surface area contributed by atoms with Crippen molar-refractivity contribution in [3.63, 3.8) is 0 Å². The minimum absolute atomic E-state index is 0.175. The maximum atomic E-state index is 13.1. The Hall–Kier alpha value is -1.71. The van der Waals surface area contributed by atoms with Gasteiger partial charge >= 0.3 is 0 Å². The number of nitrogens with zero attached hydrogens (tertiary/aromatic N) is 1. The topological polar surface area (TPSA) is 15.3 Å². The van der Waals surface area contributed by atoms with Crippen LogP contribution >= 0.6 is 0 Å². The molecular formula is C20H25FN2. The van der Waals surface area contributed by atoms with Crippen LogP contribution in [-0.2, 0) is 19.6 Å². The minimum Gasteiger partial charge on any atom is -0.309 e. The van der Waals surface area contributed by atoms with Crippen molar-refractivity contribution < 1.29 is 4.39 Å². The van der Waals surface area contributed by atoms with E-state index in [9.17, 15) is 4.39 Å². The summed E-state index contributed by atoms with van der Waals surface area (Å²) < 4.78 is 13.1. The summed E-state index contributed by atoms with van der Waals surface area (Å²) in [5.74, 6) is -0.175. The van der Waals surface area contributed by atoms with Crippen molar-refractivity contribution in [3.8, 4) is 0 Å². The number of nitrogens with one attached hydrogen (secondary N) is 1. The van der Waals surface area contributed by atoms with Crippen molar-refractivity contribution in [1.29, 1.82) is 0 Å². The fraction of sp³-hybridized carbons (Fsp3) is 0.400. The normalized spacial score (nSPS) is 15.7. The summed E-state index contributed by atoms with van der Waals surface area (Å²) in [4.78, 5) is 2.54. The largest absolute Gasteiger partial charge is 0.309 e. The van der Waals surface area contributed by atoms with Gasteiger partial charge in [0.15, 0.2) is 0 Å². The summed E-state index contributed by atoms with van der Waals surface area (Å²) >= 11 is 0. The Morgan fingerprint density at radius 3 is 2.26 bits per heavy atom. The number of piperidine rings is 1. The molecule has 2 nitrogen and oxygen atoms in total. The van der Waals surface area contributed by atoms with E-state index in [0.717, 1.165) is 18.7 Å². The summed E-state index contributed by atoms with van der Waals surface area (Å²) in [6, 6.07) is 15.6. The van der Waals surface area contributed by atoms with E-state index < -0.39 is 0 Å². The van der Waals surface area contributed by atoms with Gasteiger partial charge in [0.1, 0.15) is 5.82 Å². The van der Waals surface area contributed by atoms with Gasteiger partial charge in [0.25, 0.3) is 0 Å². The van der Waals surface area contributed by atoms with E-state index in [1.165, 1.54) is 49.5 Å². The van der Waals surface area contributed by atoms with Gasteiger partial charge in [-0.25, -0.2) is 4.39 Å². The van der Waals surface area contributed by atoms with E-state index in [2.05, 4.69) is 34.5 Å². The zero-order chi connectivity index (χ0) is 15.9. The van der Waals surface area contributed by atoms with Crippen LogP contribution in [0.5, 0.6) is 0 Å². The molecule has 1 aliphatic rings. The first-order chi connectivity index (χ1) is 11.3. The third-order valence-corrected chi connectivity index (χ3v) is 4.43. The highest BCUT2D eigenvalue weighted by molar-refractivity contribution is 5.23. The standard InChI is InChI=1S/C20H25FN2/c21-20-6-4-5-19(13-20)15-22-14-17-7-9-18(10-8-17)16-23-11-2-1-3-12-23/h4-10,13,22H,1-3,11-12,14-16H2. The lowest BCUT2D eigenvalue weighted by Crippen LogP contribution is -2.29. The van der Waals surface area contributed by atoms with Crippen LogP contribution in [0.4, 0.5) is 4.39 Å².